The maximum absolute atomic E-state index is 3.73. The highest BCUT2D eigenvalue weighted by atomic mass is 15.3. The molecule has 0 bridgehead atoms. The summed E-state index contributed by atoms with van der Waals surface area (Å²) in [5, 5.41) is 0. The van der Waals surface area contributed by atoms with Crippen molar-refractivity contribution in [2.24, 2.45) is 0 Å². The lowest BCUT2D eigenvalue weighted by atomic mass is 10.1. The van der Waals surface area contributed by atoms with Crippen molar-refractivity contribution in [1.29, 1.82) is 0 Å². The van der Waals surface area contributed by atoms with Crippen molar-refractivity contribution >= 4 is 0 Å². The maximum Gasteiger partial charge on any atom is 0.0317 e. The minimum absolute atomic E-state index is 0.509. The highest BCUT2D eigenvalue weighted by molar-refractivity contribution is 5.25. The Hall–Kier alpha value is -0.860. The first kappa shape index (κ1) is 14.2. The van der Waals surface area contributed by atoms with Crippen LogP contribution in [-0.4, -0.2) is 48.6 Å². The van der Waals surface area contributed by atoms with Crippen molar-refractivity contribution in [3.8, 4) is 0 Å². The first-order chi connectivity index (χ1) is 8.22. The summed E-state index contributed by atoms with van der Waals surface area (Å²) >= 11 is 0. The van der Waals surface area contributed by atoms with E-state index >= 15 is 0 Å². The fraction of sp³-hybridized carbons (Fsp3) is 0.600. The van der Waals surface area contributed by atoms with Gasteiger partial charge in [0.15, 0.2) is 0 Å². The third-order valence-corrected chi connectivity index (χ3v) is 3.64. The summed E-state index contributed by atoms with van der Waals surface area (Å²) in [7, 11) is 0. The first-order valence-corrected chi connectivity index (χ1v) is 6.64. The lowest BCUT2D eigenvalue weighted by molar-refractivity contribution is 0.119. The Morgan fingerprint density at radius 1 is 1.29 bits per heavy atom. The Bertz CT molecular complexity index is 283. The minimum atomic E-state index is 0.509. The molecule has 1 aliphatic rings. The van der Waals surface area contributed by atoms with Gasteiger partial charge in [0.1, 0.15) is 0 Å². The van der Waals surface area contributed by atoms with Gasteiger partial charge in [-0.25, -0.2) is 0 Å². The van der Waals surface area contributed by atoms with Crippen molar-refractivity contribution in [1.82, 2.24) is 9.80 Å². The van der Waals surface area contributed by atoms with E-state index < -0.39 is 0 Å². The van der Waals surface area contributed by atoms with Gasteiger partial charge < -0.3 is 4.90 Å². The van der Waals surface area contributed by atoms with Crippen LogP contribution in [0.5, 0.6) is 0 Å². The van der Waals surface area contributed by atoms with Crippen LogP contribution in [0.4, 0.5) is 0 Å². The predicted octanol–water partition coefficient (Wildman–Crippen LogP) is 2.70. The van der Waals surface area contributed by atoms with Gasteiger partial charge in [0.25, 0.3) is 0 Å². The first-order valence-electron chi connectivity index (χ1n) is 6.64. The lowest BCUT2D eigenvalue weighted by Crippen LogP contribution is -2.49. The second-order valence-corrected chi connectivity index (χ2v) is 4.53. The maximum atomic E-state index is 3.73. The zero-order valence-electron chi connectivity index (χ0n) is 11.5. The van der Waals surface area contributed by atoms with E-state index in [4.69, 9.17) is 0 Å². The molecule has 0 aromatic heterocycles. The molecular formula is C15H26N2. The molecule has 0 aliphatic carbocycles. The smallest absolute Gasteiger partial charge is 0.0317 e. The van der Waals surface area contributed by atoms with Crippen molar-refractivity contribution in [2.45, 2.75) is 26.8 Å². The van der Waals surface area contributed by atoms with Gasteiger partial charge in [-0.1, -0.05) is 37.8 Å². The van der Waals surface area contributed by atoms with E-state index in [1.165, 1.54) is 38.3 Å². The van der Waals surface area contributed by atoms with Gasteiger partial charge in [0.2, 0.25) is 0 Å². The van der Waals surface area contributed by atoms with E-state index in [0.29, 0.717) is 6.04 Å². The van der Waals surface area contributed by atoms with Crippen LogP contribution in [0.3, 0.4) is 0 Å². The van der Waals surface area contributed by atoms with Gasteiger partial charge in [0.05, 0.1) is 0 Å². The van der Waals surface area contributed by atoms with Gasteiger partial charge in [-0.15, -0.1) is 0 Å². The summed E-state index contributed by atoms with van der Waals surface area (Å²) in [6.07, 6.45) is 8.24. The summed E-state index contributed by atoms with van der Waals surface area (Å²) in [6.45, 7) is 16.3. The van der Waals surface area contributed by atoms with Crippen LogP contribution < -0.4 is 0 Å². The normalized spacial score (nSPS) is 21.9. The van der Waals surface area contributed by atoms with Gasteiger partial charge in [0, 0.05) is 32.2 Å². The molecule has 0 N–H and O–H groups in total. The molecule has 1 fully saturated rings. The molecule has 1 aliphatic heterocycles. The molecule has 1 rings (SSSR count). The summed E-state index contributed by atoms with van der Waals surface area (Å²) < 4.78 is 0. The SMILES string of the molecule is C=C/C=C\C(=C/C)C(C)N1CCN(CC)CC1. The molecule has 0 aromatic rings. The molecule has 17 heavy (non-hydrogen) atoms. The van der Waals surface area contributed by atoms with Gasteiger partial charge in [-0.3, -0.25) is 4.90 Å². The quantitative estimate of drug-likeness (QED) is 0.675. The van der Waals surface area contributed by atoms with Crippen LogP contribution in [0.25, 0.3) is 0 Å². The van der Waals surface area contributed by atoms with Crippen LogP contribution in [0, 0.1) is 0 Å². The fourth-order valence-electron chi connectivity index (χ4n) is 2.33. The number of nitrogens with zero attached hydrogens (tertiary/aromatic N) is 2. The molecule has 1 heterocycles. The van der Waals surface area contributed by atoms with E-state index in [-0.39, 0.29) is 0 Å². The topological polar surface area (TPSA) is 6.48 Å². The molecule has 0 amide bonds. The Labute approximate surface area is 106 Å². The molecule has 1 atom stereocenters. The Kier molecular flexibility index (Phi) is 6.23. The second-order valence-electron chi connectivity index (χ2n) is 4.53. The van der Waals surface area contributed by atoms with E-state index in [9.17, 15) is 0 Å². The van der Waals surface area contributed by atoms with Crippen molar-refractivity contribution in [3.63, 3.8) is 0 Å². The van der Waals surface area contributed by atoms with Crippen LogP contribution in [-0.2, 0) is 0 Å². The third kappa shape index (κ3) is 4.14. The molecule has 1 unspecified atom stereocenters. The van der Waals surface area contributed by atoms with E-state index in [1.807, 2.05) is 12.2 Å². The van der Waals surface area contributed by atoms with Crippen LogP contribution >= 0.6 is 0 Å². The van der Waals surface area contributed by atoms with Gasteiger partial charge >= 0.3 is 0 Å². The van der Waals surface area contributed by atoms with E-state index in [0.717, 1.165) is 0 Å². The molecule has 2 heteroatoms. The van der Waals surface area contributed by atoms with E-state index in [2.05, 4.69) is 49.3 Å². The number of hydrogen-bond donors (Lipinski definition) is 0. The van der Waals surface area contributed by atoms with E-state index in [1.54, 1.807) is 0 Å². The molecule has 0 spiro atoms. The number of hydrogen-bond acceptors (Lipinski definition) is 2. The van der Waals surface area contributed by atoms with Gasteiger partial charge in [-0.05, 0) is 26.0 Å². The summed E-state index contributed by atoms with van der Waals surface area (Å²) in [6, 6.07) is 0.509. The van der Waals surface area contributed by atoms with Crippen LogP contribution in [0.2, 0.25) is 0 Å². The molecule has 1 saturated heterocycles. The standard InChI is InChI=1S/C15H26N2/c1-5-8-9-15(6-2)14(4)17-12-10-16(7-3)11-13-17/h5-6,8-9,14H,1,7,10-13H2,2-4H3/b9-8-,15-6+. The monoisotopic (exact) mass is 234 g/mol. The largest absolute Gasteiger partial charge is 0.301 e. The number of likely N-dealkylation sites (N-methyl/N-ethyl adjacent to an activating group) is 1. The average molecular weight is 234 g/mol. The highest BCUT2D eigenvalue weighted by Gasteiger charge is 2.21. The molecule has 2 nitrogen and oxygen atoms in total. The minimum Gasteiger partial charge on any atom is -0.301 e. The summed E-state index contributed by atoms with van der Waals surface area (Å²) in [5.74, 6) is 0. The molecule has 96 valence electrons. The number of rotatable bonds is 5. The van der Waals surface area contributed by atoms with Crippen molar-refractivity contribution < 1.29 is 0 Å². The number of piperazine rings is 1. The second kappa shape index (κ2) is 7.46. The summed E-state index contributed by atoms with van der Waals surface area (Å²) in [5.41, 5.74) is 1.38. The molecular weight excluding hydrogens is 208 g/mol. The van der Waals surface area contributed by atoms with Crippen LogP contribution in [0.1, 0.15) is 20.8 Å². The number of allylic oxidation sites excluding steroid dienone is 3. The molecule has 0 aromatic carbocycles. The zero-order chi connectivity index (χ0) is 12.7. The third-order valence-electron chi connectivity index (χ3n) is 3.64. The van der Waals surface area contributed by atoms with Gasteiger partial charge in [-0.2, -0.15) is 0 Å². The predicted molar refractivity (Wildman–Crippen MR) is 76.2 cm³/mol. The highest BCUT2D eigenvalue weighted by Crippen LogP contribution is 2.14. The Morgan fingerprint density at radius 3 is 2.41 bits per heavy atom. The zero-order valence-corrected chi connectivity index (χ0v) is 11.5. The molecule has 0 saturated carbocycles. The Balaban J connectivity index is 2.55. The fourth-order valence-corrected chi connectivity index (χ4v) is 2.33. The summed E-state index contributed by atoms with van der Waals surface area (Å²) in [4.78, 5) is 5.08. The average Bonchev–Trinajstić information content (AvgIpc) is 2.39. The van der Waals surface area contributed by atoms with Crippen molar-refractivity contribution in [2.75, 3.05) is 32.7 Å². The molecule has 0 radical (unpaired) electrons. The Morgan fingerprint density at radius 2 is 1.94 bits per heavy atom. The van der Waals surface area contributed by atoms with Crippen molar-refractivity contribution in [3.05, 3.63) is 36.5 Å². The lowest BCUT2D eigenvalue weighted by Gasteiger charge is -2.38. The van der Waals surface area contributed by atoms with Crippen LogP contribution in [0.15, 0.2) is 36.5 Å².